The van der Waals surface area contributed by atoms with Crippen LogP contribution in [0.1, 0.15) is 0 Å². The topological polar surface area (TPSA) is 32.3 Å². The summed E-state index contributed by atoms with van der Waals surface area (Å²) in [5.41, 5.74) is 1.63. The van der Waals surface area contributed by atoms with E-state index in [0.29, 0.717) is 23.8 Å². The second-order valence-electron chi connectivity index (χ2n) is 3.27. The highest BCUT2D eigenvalue weighted by atomic mass is 35.5. The summed E-state index contributed by atoms with van der Waals surface area (Å²) >= 11 is 5.84. The van der Waals surface area contributed by atoms with Crippen LogP contribution in [-0.2, 0) is 4.79 Å². The first-order chi connectivity index (χ1) is 7.20. The van der Waals surface area contributed by atoms with Crippen LogP contribution in [0.3, 0.4) is 0 Å². The summed E-state index contributed by atoms with van der Waals surface area (Å²) in [4.78, 5) is 13.2. The number of nitrogens with zero attached hydrogens (tertiary/aromatic N) is 1. The lowest BCUT2D eigenvalue weighted by Gasteiger charge is -2.29. The maximum atomic E-state index is 11.4. The predicted octanol–water partition coefficient (Wildman–Crippen LogP) is 1.73. The van der Waals surface area contributed by atoms with Crippen LogP contribution in [0.4, 0.5) is 11.4 Å². The summed E-state index contributed by atoms with van der Waals surface area (Å²) < 4.78 is 0. The second-order valence-corrected chi connectivity index (χ2v) is 3.71. The van der Waals surface area contributed by atoms with E-state index < -0.39 is 0 Å². The van der Waals surface area contributed by atoms with Gasteiger partial charge in [0.25, 0.3) is 0 Å². The fraction of sp³-hybridized carbons (Fsp3) is 0.182. The fourth-order valence-corrected chi connectivity index (χ4v) is 1.76. The molecule has 0 atom stereocenters. The Hall–Kier alpha value is -1.66. The number of rotatable bonds is 1. The highest BCUT2D eigenvalue weighted by Gasteiger charge is 2.20. The molecule has 1 aliphatic rings. The first-order valence-corrected chi connectivity index (χ1v) is 4.86. The normalized spacial score (nSPS) is 14.1. The summed E-state index contributed by atoms with van der Waals surface area (Å²) in [5, 5.41) is 3.35. The fourth-order valence-electron chi connectivity index (χ4n) is 1.58. The van der Waals surface area contributed by atoms with E-state index in [2.05, 4.69) is 11.2 Å². The van der Waals surface area contributed by atoms with Crippen molar-refractivity contribution in [1.29, 1.82) is 0 Å². The zero-order valence-corrected chi connectivity index (χ0v) is 8.71. The van der Waals surface area contributed by atoms with Crippen LogP contribution in [0, 0.1) is 12.3 Å². The van der Waals surface area contributed by atoms with Gasteiger partial charge in [-0.1, -0.05) is 17.5 Å². The van der Waals surface area contributed by atoms with Gasteiger partial charge in [-0.15, -0.1) is 6.42 Å². The number of anilines is 2. The van der Waals surface area contributed by atoms with E-state index in [1.807, 2.05) is 11.0 Å². The van der Waals surface area contributed by atoms with Crippen molar-refractivity contribution >= 4 is 28.9 Å². The van der Waals surface area contributed by atoms with E-state index >= 15 is 0 Å². The molecule has 15 heavy (non-hydrogen) atoms. The molecule has 4 heteroatoms. The van der Waals surface area contributed by atoms with Crippen LogP contribution in [-0.4, -0.2) is 19.0 Å². The molecule has 1 aliphatic heterocycles. The lowest BCUT2D eigenvalue weighted by Crippen LogP contribution is -2.38. The van der Waals surface area contributed by atoms with Crippen LogP contribution in [0.15, 0.2) is 18.2 Å². The number of nitrogens with one attached hydrogen (secondary N) is 1. The molecule has 1 amide bonds. The maximum Gasteiger partial charge on any atom is 0.243 e. The Labute approximate surface area is 93.0 Å². The van der Waals surface area contributed by atoms with Crippen LogP contribution in [0.2, 0.25) is 5.02 Å². The Bertz CT molecular complexity index is 450. The van der Waals surface area contributed by atoms with Gasteiger partial charge in [-0.2, -0.15) is 0 Å². The largest absolute Gasteiger partial charge is 0.349 e. The minimum Gasteiger partial charge on any atom is -0.349 e. The highest BCUT2D eigenvalue weighted by Crippen LogP contribution is 2.31. The average Bonchev–Trinajstić information content (AvgIpc) is 2.17. The zero-order chi connectivity index (χ0) is 10.8. The zero-order valence-electron chi connectivity index (χ0n) is 7.96. The average molecular weight is 221 g/mol. The van der Waals surface area contributed by atoms with Gasteiger partial charge in [0.1, 0.15) is 0 Å². The molecule has 0 aliphatic carbocycles. The first-order valence-electron chi connectivity index (χ1n) is 4.48. The van der Waals surface area contributed by atoms with E-state index in [1.165, 1.54) is 0 Å². The van der Waals surface area contributed by atoms with Gasteiger partial charge in [0.05, 0.1) is 24.5 Å². The smallest absolute Gasteiger partial charge is 0.243 e. The quantitative estimate of drug-likeness (QED) is 0.732. The SMILES string of the molecule is C#CCN1CC(=O)Nc2cc(Cl)ccc21. The van der Waals surface area contributed by atoms with Crippen molar-refractivity contribution in [3.8, 4) is 12.3 Å². The summed E-state index contributed by atoms with van der Waals surface area (Å²) in [6, 6.07) is 5.35. The van der Waals surface area contributed by atoms with E-state index in [4.69, 9.17) is 18.0 Å². The molecule has 0 saturated carbocycles. The number of hydrogen-bond donors (Lipinski definition) is 1. The molecule has 0 radical (unpaired) electrons. The van der Waals surface area contributed by atoms with Gasteiger partial charge in [0.15, 0.2) is 0 Å². The number of hydrogen-bond acceptors (Lipinski definition) is 2. The van der Waals surface area contributed by atoms with Gasteiger partial charge < -0.3 is 10.2 Å². The summed E-state index contributed by atoms with van der Waals surface area (Å²) in [6.45, 7) is 0.709. The van der Waals surface area contributed by atoms with Crippen LogP contribution in [0.5, 0.6) is 0 Å². The van der Waals surface area contributed by atoms with Crippen molar-refractivity contribution in [1.82, 2.24) is 0 Å². The molecule has 1 heterocycles. The van der Waals surface area contributed by atoms with Gasteiger partial charge >= 0.3 is 0 Å². The standard InChI is InChI=1S/C11H9ClN2O/c1-2-5-14-7-11(15)13-9-6-8(12)3-4-10(9)14/h1,3-4,6H,5,7H2,(H,13,15). The van der Waals surface area contributed by atoms with Gasteiger partial charge in [-0.3, -0.25) is 4.79 Å². The molecule has 0 unspecified atom stereocenters. The minimum absolute atomic E-state index is 0.0694. The van der Waals surface area contributed by atoms with Gasteiger partial charge in [-0.25, -0.2) is 0 Å². The van der Waals surface area contributed by atoms with Crippen molar-refractivity contribution < 1.29 is 4.79 Å². The Morgan fingerprint density at radius 2 is 2.40 bits per heavy atom. The van der Waals surface area contributed by atoms with E-state index in [1.54, 1.807) is 12.1 Å². The Morgan fingerprint density at radius 1 is 1.60 bits per heavy atom. The van der Waals surface area contributed by atoms with Gasteiger partial charge in [0, 0.05) is 5.02 Å². The number of fused-ring (bicyclic) bond motifs is 1. The van der Waals surface area contributed by atoms with Crippen LogP contribution >= 0.6 is 11.6 Å². The molecule has 3 nitrogen and oxygen atoms in total. The van der Waals surface area contributed by atoms with Crippen LogP contribution < -0.4 is 10.2 Å². The van der Waals surface area contributed by atoms with Crippen molar-refractivity contribution in [3.05, 3.63) is 23.2 Å². The summed E-state index contributed by atoms with van der Waals surface area (Å²) in [6.07, 6.45) is 5.24. The third-order valence-corrected chi connectivity index (χ3v) is 2.43. The number of carbonyl (C=O) groups excluding carboxylic acids is 1. The molecule has 0 aromatic heterocycles. The van der Waals surface area contributed by atoms with Gasteiger partial charge in [-0.05, 0) is 18.2 Å². The molecule has 0 spiro atoms. The van der Waals surface area contributed by atoms with E-state index in [0.717, 1.165) is 5.69 Å². The van der Waals surface area contributed by atoms with Crippen molar-refractivity contribution in [3.63, 3.8) is 0 Å². The molecule has 0 fully saturated rings. The lowest BCUT2D eigenvalue weighted by atomic mass is 10.2. The van der Waals surface area contributed by atoms with Crippen molar-refractivity contribution in [2.24, 2.45) is 0 Å². The molecule has 1 aromatic carbocycles. The molecule has 0 bridgehead atoms. The minimum atomic E-state index is -0.0694. The number of benzene rings is 1. The molecule has 1 N–H and O–H groups in total. The first kappa shape index (κ1) is 9.88. The predicted molar refractivity (Wildman–Crippen MR) is 61.1 cm³/mol. The summed E-state index contributed by atoms with van der Waals surface area (Å²) in [7, 11) is 0. The summed E-state index contributed by atoms with van der Waals surface area (Å²) in [5.74, 6) is 2.46. The molecular formula is C11H9ClN2O. The Balaban J connectivity index is 2.42. The second kappa shape index (κ2) is 3.84. The molecule has 76 valence electrons. The van der Waals surface area contributed by atoms with E-state index in [9.17, 15) is 4.79 Å². The Kier molecular flexibility index (Phi) is 2.53. The highest BCUT2D eigenvalue weighted by molar-refractivity contribution is 6.31. The van der Waals surface area contributed by atoms with Crippen molar-refractivity contribution in [2.75, 3.05) is 23.3 Å². The third-order valence-electron chi connectivity index (χ3n) is 2.19. The van der Waals surface area contributed by atoms with Crippen molar-refractivity contribution in [2.45, 2.75) is 0 Å². The number of halogens is 1. The number of amides is 1. The number of terminal acetylenes is 1. The Morgan fingerprint density at radius 3 is 3.13 bits per heavy atom. The molecule has 0 saturated heterocycles. The molecule has 2 rings (SSSR count). The monoisotopic (exact) mass is 220 g/mol. The third kappa shape index (κ3) is 1.90. The van der Waals surface area contributed by atoms with E-state index in [-0.39, 0.29) is 5.91 Å². The van der Waals surface area contributed by atoms with Crippen LogP contribution in [0.25, 0.3) is 0 Å². The molecule has 1 aromatic rings. The molecular weight excluding hydrogens is 212 g/mol. The lowest BCUT2D eigenvalue weighted by molar-refractivity contribution is -0.115. The number of carbonyl (C=O) groups is 1. The van der Waals surface area contributed by atoms with Gasteiger partial charge in [0.2, 0.25) is 5.91 Å². The maximum absolute atomic E-state index is 11.4.